The number of allylic oxidation sites excluding steroid dienone is 1. The van der Waals surface area contributed by atoms with Gasteiger partial charge in [0.15, 0.2) is 5.16 Å². The van der Waals surface area contributed by atoms with Crippen LogP contribution in [0.4, 0.5) is 5.69 Å². The summed E-state index contributed by atoms with van der Waals surface area (Å²) in [6.45, 7) is 4.83. The van der Waals surface area contributed by atoms with Crippen molar-refractivity contribution in [2.24, 2.45) is 0 Å². The van der Waals surface area contributed by atoms with E-state index in [2.05, 4.69) is 38.0 Å². The Morgan fingerprint density at radius 3 is 2.83 bits per heavy atom. The number of aromatic nitrogens is 3. The van der Waals surface area contributed by atoms with Crippen LogP contribution < -0.4 is 10.1 Å². The quantitative estimate of drug-likeness (QED) is 0.133. The van der Waals surface area contributed by atoms with Crippen LogP contribution in [0.25, 0.3) is 0 Å². The summed E-state index contributed by atoms with van der Waals surface area (Å²) in [6, 6.07) is 11.9. The third-order valence-corrected chi connectivity index (χ3v) is 6.52. The zero-order valence-electron chi connectivity index (χ0n) is 19.0. The van der Waals surface area contributed by atoms with Gasteiger partial charge in [0.05, 0.1) is 29.5 Å². The number of aryl methyl sites for hydroxylation is 1. The molecule has 0 aliphatic rings. The average Bonchev–Trinajstić information content (AvgIpc) is 3.22. The lowest BCUT2D eigenvalue weighted by molar-refractivity contribution is -0.113. The summed E-state index contributed by atoms with van der Waals surface area (Å²) in [6.07, 6.45) is 3.14. The van der Waals surface area contributed by atoms with Crippen molar-refractivity contribution in [2.75, 3.05) is 24.8 Å². The van der Waals surface area contributed by atoms with Gasteiger partial charge in [-0.15, -0.1) is 16.8 Å². The Balaban J connectivity index is 1.53. The second-order valence-electron chi connectivity index (χ2n) is 7.23. The lowest BCUT2D eigenvalue weighted by atomic mass is 10.2. The minimum absolute atomic E-state index is 0.130. The summed E-state index contributed by atoms with van der Waals surface area (Å²) in [5, 5.41) is 12.6. The third-order valence-electron chi connectivity index (χ3n) is 4.70. The molecule has 1 heterocycles. The fraction of sp³-hybridized carbons (Fsp3) is 0.250. The summed E-state index contributed by atoms with van der Waals surface area (Å²) < 4.78 is 13.3. The monoisotopic (exact) mass is 578 g/mol. The van der Waals surface area contributed by atoms with Crippen LogP contribution >= 0.6 is 39.3 Å². The van der Waals surface area contributed by atoms with E-state index in [0.717, 1.165) is 22.5 Å². The number of thioether (sulfide) groups is 1. The summed E-state index contributed by atoms with van der Waals surface area (Å²) in [5.41, 5.74) is 0.875. The average molecular weight is 580 g/mol. The Labute approximate surface area is 221 Å². The van der Waals surface area contributed by atoms with Crippen LogP contribution in [0, 0.1) is 0 Å². The molecule has 184 valence electrons. The number of rotatable bonds is 12. The fourth-order valence-electron chi connectivity index (χ4n) is 3.10. The van der Waals surface area contributed by atoms with Crippen molar-refractivity contribution >= 4 is 56.9 Å². The highest BCUT2D eigenvalue weighted by atomic mass is 79.9. The second kappa shape index (κ2) is 13.3. The zero-order valence-corrected chi connectivity index (χ0v) is 22.2. The summed E-state index contributed by atoms with van der Waals surface area (Å²) >= 11 is 10.7. The van der Waals surface area contributed by atoms with Crippen molar-refractivity contribution in [3.8, 4) is 5.75 Å². The zero-order chi connectivity index (χ0) is 25.2. The Morgan fingerprint density at radius 1 is 1.26 bits per heavy atom. The molecule has 0 bridgehead atoms. The molecule has 3 rings (SSSR count). The number of amides is 1. The molecule has 35 heavy (non-hydrogen) atoms. The number of esters is 1. The first-order valence-electron chi connectivity index (χ1n) is 10.6. The SMILES string of the molecule is C=CCn1c(CCCOc2ccc(Cl)cc2Br)nnc1SCC(=O)Nc1cccc(C(=O)OC)c1. The maximum absolute atomic E-state index is 12.5. The van der Waals surface area contributed by atoms with E-state index in [4.69, 9.17) is 21.1 Å². The van der Waals surface area contributed by atoms with E-state index in [1.807, 2.05) is 10.6 Å². The van der Waals surface area contributed by atoms with Crippen molar-refractivity contribution in [3.63, 3.8) is 0 Å². The maximum Gasteiger partial charge on any atom is 0.337 e. The van der Waals surface area contributed by atoms with Crippen LogP contribution in [0.15, 0.2) is 64.7 Å². The van der Waals surface area contributed by atoms with Gasteiger partial charge in [0.2, 0.25) is 5.91 Å². The van der Waals surface area contributed by atoms with Gasteiger partial charge >= 0.3 is 5.97 Å². The topological polar surface area (TPSA) is 95.3 Å². The highest BCUT2D eigenvalue weighted by Gasteiger charge is 2.14. The first-order valence-corrected chi connectivity index (χ1v) is 12.8. The summed E-state index contributed by atoms with van der Waals surface area (Å²) in [5.74, 6) is 0.949. The summed E-state index contributed by atoms with van der Waals surface area (Å²) in [4.78, 5) is 24.1. The lowest BCUT2D eigenvalue weighted by Crippen LogP contribution is -2.15. The summed E-state index contributed by atoms with van der Waals surface area (Å²) in [7, 11) is 1.31. The molecule has 0 saturated carbocycles. The largest absolute Gasteiger partial charge is 0.492 e. The molecule has 1 amide bonds. The molecular weight excluding hydrogens is 556 g/mol. The predicted octanol–water partition coefficient (Wildman–Crippen LogP) is 5.41. The van der Waals surface area contributed by atoms with Gasteiger partial charge in [-0.05, 0) is 58.7 Å². The number of halogens is 2. The standard InChI is InChI=1S/C24H24BrClN4O4S/c1-3-11-30-21(8-5-12-34-20-10-9-17(26)14-19(20)25)28-29-24(30)35-15-22(31)27-18-7-4-6-16(13-18)23(32)33-2/h3-4,6-7,9-10,13-14H,1,5,8,11-12,15H2,2H3,(H,27,31). The van der Waals surface area contributed by atoms with E-state index >= 15 is 0 Å². The third kappa shape index (κ3) is 7.84. The number of methoxy groups -OCH3 is 1. The molecule has 0 saturated heterocycles. The second-order valence-corrected chi connectivity index (χ2v) is 9.47. The minimum atomic E-state index is -0.466. The molecule has 0 atom stereocenters. The minimum Gasteiger partial charge on any atom is -0.492 e. The van der Waals surface area contributed by atoms with E-state index in [1.54, 1.807) is 42.5 Å². The molecule has 0 radical (unpaired) electrons. The van der Waals surface area contributed by atoms with Gasteiger partial charge in [0.1, 0.15) is 11.6 Å². The molecule has 0 aliphatic heterocycles. The highest BCUT2D eigenvalue weighted by Crippen LogP contribution is 2.28. The molecule has 1 aromatic heterocycles. The molecule has 0 unspecified atom stereocenters. The van der Waals surface area contributed by atoms with E-state index in [0.29, 0.717) is 41.0 Å². The normalized spacial score (nSPS) is 10.6. The lowest BCUT2D eigenvalue weighted by Gasteiger charge is -2.10. The van der Waals surface area contributed by atoms with Gasteiger partial charge in [-0.1, -0.05) is 35.5 Å². The number of nitrogens with one attached hydrogen (secondary N) is 1. The van der Waals surface area contributed by atoms with Gasteiger partial charge in [0.25, 0.3) is 0 Å². The highest BCUT2D eigenvalue weighted by molar-refractivity contribution is 9.10. The Hall–Kier alpha value is -2.82. The van der Waals surface area contributed by atoms with Crippen LogP contribution in [-0.2, 0) is 22.5 Å². The van der Waals surface area contributed by atoms with E-state index < -0.39 is 5.97 Å². The number of ether oxygens (including phenoxy) is 2. The number of hydrogen-bond donors (Lipinski definition) is 1. The maximum atomic E-state index is 12.5. The van der Waals surface area contributed by atoms with Crippen molar-refractivity contribution < 1.29 is 19.1 Å². The van der Waals surface area contributed by atoms with Gasteiger partial charge in [-0.3, -0.25) is 4.79 Å². The Morgan fingerprint density at radius 2 is 2.09 bits per heavy atom. The van der Waals surface area contributed by atoms with Crippen molar-refractivity contribution in [1.29, 1.82) is 0 Å². The number of carbonyl (C=O) groups is 2. The van der Waals surface area contributed by atoms with Gasteiger partial charge in [-0.2, -0.15) is 0 Å². The molecule has 3 aromatic rings. The van der Waals surface area contributed by atoms with Crippen molar-refractivity contribution in [1.82, 2.24) is 14.8 Å². The molecule has 0 spiro atoms. The van der Waals surface area contributed by atoms with Crippen molar-refractivity contribution in [2.45, 2.75) is 24.5 Å². The van der Waals surface area contributed by atoms with Gasteiger partial charge in [-0.25, -0.2) is 4.79 Å². The first-order chi connectivity index (χ1) is 16.9. The Kier molecular flexibility index (Phi) is 10.2. The van der Waals surface area contributed by atoms with E-state index in [9.17, 15) is 9.59 Å². The van der Waals surface area contributed by atoms with E-state index in [1.165, 1.54) is 18.9 Å². The first kappa shape index (κ1) is 26.8. The molecule has 2 aromatic carbocycles. The number of benzene rings is 2. The molecule has 0 aliphatic carbocycles. The number of hydrogen-bond acceptors (Lipinski definition) is 7. The molecule has 1 N–H and O–H groups in total. The number of anilines is 1. The predicted molar refractivity (Wildman–Crippen MR) is 140 cm³/mol. The molecule has 11 heteroatoms. The van der Waals surface area contributed by atoms with Crippen LogP contribution in [0.3, 0.4) is 0 Å². The molecule has 8 nitrogen and oxygen atoms in total. The smallest absolute Gasteiger partial charge is 0.337 e. The van der Waals surface area contributed by atoms with E-state index in [-0.39, 0.29) is 11.7 Å². The number of carbonyl (C=O) groups excluding carboxylic acids is 2. The molecular formula is C24H24BrClN4O4S. The number of nitrogens with zero attached hydrogens (tertiary/aromatic N) is 3. The van der Waals surface area contributed by atoms with Crippen LogP contribution in [0.5, 0.6) is 5.75 Å². The Bertz CT molecular complexity index is 1200. The van der Waals surface area contributed by atoms with Crippen LogP contribution in [0.1, 0.15) is 22.6 Å². The van der Waals surface area contributed by atoms with Crippen LogP contribution in [0.2, 0.25) is 5.02 Å². The van der Waals surface area contributed by atoms with Gasteiger partial charge < -0.3 is 19.4 Å². The van der Waals surface area contributed by atoms with Gasteiger partial charge in [0, 0.05) is 23.7 Å². The fourth-order valence-corrected chi connectivity index (χ4v) is 4.66. The van der Waals surface area contributed by atoms with Crippen molar-refractivity contribution in [3.05, 3.63) is 76.0 Å². The van der Waals surface area contributed by atoms with Crippen LogP contribution in [-0.4, -0.2) is 46.1 Å². The molecule has 0 fully saturated rings.